The van der Waals surface area contributed by atoms with Crippen molar-refractivity contribution in [3.05, 3.63) is 22.2 Å². The fraction of sp³-hybridized carbons (Fsp3) is 0.600. The number of nitrogens with one attached hydrogen (secondary N) is 1. The molecule has 1 fully saturated rings. The van der Waals surface area contributed by atoms with Gasteiger partial charge in [-0.1, -0.05) is 15.9 Å². The van der Waals surface area contributed by atoms with Crippen LogP contribution in [0.4, 0.5) is 0 Å². The van der Waals surface area contributed by atoms with Crippen molar-refractivity contribution >= 4 is 15.9 Å². The molecule has 1 N–H and O–H groups in total. The lowest BCUT2D eigenvalue weighted by Crippen LogP contribution is -2.30. The van der Waals surface area contributed by atoms with Crippen LogP contribution in [-0.2, 0) is 4.74 Å². The van der Waals surface area contributed by atoms with Crippen molar-refractivity contribution in [3.63, 3.8) is 0 Å². The van der Waals surface area contributed by atoms with Gasteiger partial charge in [0.2, 0.25) is 0 Å². The topological polar surface area (TPSA) is 39.7 Å². The second kappa shape index (κ2) is 5.92. The zero-order chi connectivity index (χ0) is 14.1. The largest absolute Gasteiger partial charge is 0.486 e. The fourth-order valence-electron chi connectivity index (χ4n) is 3.10. The lowest BCUT2D eigenvalue weighted by Gasteiger charge is -2.28. The van der Waals surface area contributed by atoms with E-state index in [0.717, 1.165) is 29.0 Å². The molecule has 5 heteroatoms. The minimum atomic E-state index is 0.248. The van der Waals surface area contributed by atoms with Crippen LogP contribution in [0.15, 0.2) is 16.6 Å². The molecular weight excluding hydrogens is 322 g/mol. The number of fused-ring (bicyclic) bond motifs is 1. The Morgan fingerprint density at radius 3 is 2.50 bits per heavy atom. The van der Waals surface area contributed by atoms with E-state index >= 15 is 0 Å². The molecule has 0 saturated carbocycles. The van der Waals surface area contributed by atoms with Gasteiger partial charge in [0, 0.05) is 23.0 Å². The zero-order valence-corrected chi connectivity index (χ0v) is 13.4. The smallest absolute Gasteiger partial charge is 0.162 e. The molecule has 0 aliphatic carbocycles. The summed E-state index contributed by atoms with van der Waals surface area (Å²) in [7, 11) is 2.00. The Hall–Kier alpha value is -0.780. The average Bonchev–Trinajstić information content (AvgIpc) is 2.87. The van der Waals surface area contributed by atoms with E-state index in [9.17, 15) is 0 Å². The van der Waals surface area contributed by atoms with Crippen LogP contribution in [0.1, 0.15) is 24.9 Å². The van der Waals surface area contributed by atoms with Gasteiger partial charge in [-0.15, -0.1) is 0 Å². The Balaban J connectivity index is 1.94. The van der Waals surface area contributed by atoms with Gasteiger partial charge in [0.25, 0.3) is 0 Å². The Bertz CT molecular complexity index is 494. The third kappa shape index (κ3) is 2.54. The second-order valence-corrected chi connectivity index (χ2v) is 6.17. The molecule has 1 aromatic carbocycles. The van der Waals surface area contributed by atoms with Crippen molar-refractivity contribution in [1.82, 2.24) is 5.32 Å². The van der Waals surface area contributed by atoms with Gasteiger partial charge in [-0.2, -0.15) is 0 Å². The van der Waals surface area contributed by atoms with E-state index < -0.39 is 0 Å². The predicted molar refractivity (Wildman–Crippen MR) is 80.5 cm³/mol. The predicted octanol–water partition coefficient (Wildman–Crippen LogP) is 2.91. The van der Waals surface area contributed by atoms with Crippen LogP contribution in [-0.4, -0.2) is 33.0 Å². The molecule has 2 aliphatic heterocycles. The summed E-state index contributed by atoms with van der Waals surface area (Å²) in [6.45, 7) is 4.21. The van der Waals surface area contributed by atoms with Crippen LogP contribution in [0.2, 0.25) is 0 Å². The highest BCUT2D eigenvalue weighted by Crippen LogP contribution is 2.42. The lowest BCUT2D eigenvalue weighted by atomic mass is 9.88. The van der Waals surface area contributed by atoms with Crippen LogP contribution < -0.4 is 14.8 Å². The van der Waals surface area contributed by atoms with Crippen molar-refractivity contribution in [3.8, 4) is 11.5 Å². The number of benzene rings is 1. The molecule has 0 aromatic heterocycles. The first-order valence-corrected chi connectivity index (χ1v) is 7.88. The first kappa shape index (κ1) is 14.2. The van der Waals surface area contributed by atoms with Crippen molar-refractivity contribution < 1.29 is 14.2 Å². The maximum atomic E-state index is 5.71. The highest BCUT2D eigenvalue weighted by atomic mass is 79.9. The first-order valence-electron chi connectivity index (χ1n) is 7.08. The number of hydrogen-bond donors (Lipinski definition) is 1. The fourth-order valence-corrected chi connectivity index (χ4v) is 3.67. The third-order valence-electron chi connectivity index (χ3n) is 4.17. The molecule has 20 heavy (non-hydrogen) atoms. The molecule has 0 bridgehead atoms. The second-order valence-electron chi connectivity index (χ2n) is 5.31. The summed E-state index contributed by atoms with van der Waals surface area (Å²) in [5.41, 5.74) is 1.21. The van der Waals surface area contributed by atoms with E-state index in [2.05, 4.69) is 34.2 Å². The number of rotatable bonds is 3. The maximum absolute atomic E-state index is 5.71. The van der Waals surface area contributed by atoms with Gasteiger partial charge >= 0.3 is 0 Å². The van der Waals surface area contributed by atoms with E-state index in [1.165, 1.54) is 5.56 Å². The standard InChI is InChI=1S/C15H20BrNO3/c1-9-10(3-4-18-9)15(17-2)11-7-13-14(8-12(11)16)20-6-5-19-13/h7-10,15,17H,3-6H2,1-2H3. The Labute approximate surface area is 127 Å². The molecule has 3 atom stereocenters. The van der Waals surface area contributed by atoms with Gasteiger partial charge in [0.15, 0.2) is 11.5 Å². The molecule has 2 heterocycles. The summed E-state index contributed by atoms with van der Waals surface area (Å²) in [6, 6.07) is 4.34. The van der Waals surface area contributed by atoms with Gasteiger partial charge in [-0.25, -0.2) is 0 Å². The van der Waals surface area contributed by atoms with Crippen molar-refractivity contribution in [1.29, 1.82) is 0 Å². The number of hydrogen-bond acceptors (Lipinski definition) is 4. The van der Waals surface area contributed by atoms with Gasteiger partial charge in [0.1, 0.15) is 13.2 Å². The minimum Gasteiger partial charge on any atom is -0.486 e. The van der Waals surface area contributed by atoms with E-state index in [1.807, 2.05) is 13.1 Å². The van der Waals surface area contributed by atoms with Gasteiger partial charge in [-0.3, -0.25) is 0 Å². The van der Waals surface area contributed by atoms with Crippen LogP contribution in [0.5, 0.6) is 11.5 Å². The molecule has 0 amide bonds. The van der Waals surface area contributed by atoms with Gasteiger partial charge in [-0.05, 0) is 38.1 Å². The maximum Gasteiger partial charge on any atom is 0.162 e. The zero-order valence-electron chi connectivity index (χ0n) is 11.8. The Kier molecular flexibility index (Phi) is 4.19. The molecule has 1 aromatic rings. The highest BCUT2D eigenvalue weighted by molar-refractivity contribution is 9.10. The SMILES string of the molecule is CNC(c1cc2c(cc1Br)OCCO2)C1CCOC1C. The summed E-state index contributed by atoms with van der Waals surface area (Å²) in [6.07, 6.45) is 1.35. The van der Waals surface area contributed by atoms with Gasteiger partial charge < -0.3 is 19.5 Å². The molecule has 0 radical (unpaired) electrons. The Morgan fingerprint density at radius 1 is 1.20 bits per heavy atom. The normalized spacial score (nSPS) is 26.6. The molecule has 3 unspecified atom stereocenters. The van der Waals surface area contributed by atoms with Crippen LogP contribution in [0, 0.1) is 5.92 Å². The first-order chi connectivity index (χ1) is 9.70. The van der Waals surface area contributed by atoms with Gasteiger partial charge in [0.05, 0.1) is 6.10 Å². The van der Waals surface area contributed by atoms with Crippen molar-refractivity contribution in [2.24, 2.45) is 5.92 Å². The number of halogens is 1. The van der Waals surface area contributed by atoms with E-state index in [-0.39, 0.29) is 12.1 Å². The molecular formula is C15H20BrNO3. The van der Waals surface area contributed by atoms with E-state index in [4.69, 9.17) is 14.2 Å². The van der Waals surface area contributed by atoms with Crippen LogP contribution in [0.3, 0.4) is 0 Å². The van der Waals surface area contributed by atoms with E-state index in [0.29, 0.717) is 19.1 Å². The molecule has 110 valence electrons. The monoisotopic (exact) mass is 341 g/mol. The summed E-state index contributed by atoms with van der Waals surface area (Å²) < 4.78 is 18.1. The van der Waals surface area contributed by atoms with Crippen LogP contribution in [0.25, 0.3) is 0 Å². The highest BCUT2D eigenvalue weighted by Gasteiger charge is 2.33. The van der Waals surface area contributed by atoms with Crippen molar-refractivity contribution in [2.45, 2.75) is 25.5 Å². The molecule has 2 aliphatic rings. The summed E-state index contributed by atoms with van der Waals surface area (Å²) in [4.78, 5) is 0. The van der Waals surface area contributed by atoms with E-state index in [1.54, 1.807) is 0 Å². The summed E-state index contributed by atoms with van der Waals surface area (Å²) in [5, 5.41) is 3.43. The summed E-state index contributed by atoms with van der Waals surface area (Å²) in [5.74, 6) is 2.12. The molecule has 1 saturated heterocycles. The molecule has 0 spiro atoms. The third-order valence-corrected chi connectivity index (χ3v) is 4.86. The van der Waals surface area contributed by atoms with Crippen molar-refractivity contribution in [2.75, 3.05) is 26.9 Å². The lowest BCUT2D eigenvalue weighted by molar-refractivity contribution is 0.0961. The molecule has 3 rings (SSSR count). The molecule has 4 nitrogen and oxygen atoms in total. The Morgan fingerprint density at radius 2 is 1.90 bits per heavy atom. The minimum absolute atomic E-state index is 0.248. The summed E-state index contributed by atoms with van der Waals surface area (Å²) >= 11 is 3.67. The van der Waals surface area contributed by atoms with Crippen LogP contribution >= 0.6 is 15.9 Å². The number of ether oxygens (including phenoxy) is 3. The quantitative estimate of drug-likeness (QED) is 0.917. The average molecular weight is 342 g/mol.